The summed E-state index contributed by atoms with van der Waals surface area (Å²) in [6, 6.07) is 3.92. The van der Waals surface area contributed by atoms with Crippen molar-refractivity contribution in [2.45, 2.75) is 19.3 Å². The fourth-order valence-electron chi connectivity index (χ4n) is 2.25. The third kappa shape index (κ3) is 1.60. The van der Waals surface area contributed by atoms with E-state index in [0.29, 0.717) is 11.8 Å². The maximum absolute atomic E-state index is 5.67. The first-order valence-electron chi connectivity index (χ1n) is 5.76. The van der Waals surface area contributed by atoms with Crippen LogP contribution < -0.4 is 9.47 Å². The molecule has 1 aromatic heterocycles. The summed E-state index contributed by atoms with van der Waals surface area (Å²) in [5.41, 5.74) is 2.94. The number of hydrogen-bond donors (Lipinski definition) is 0. The van der Waals surface area contributed by atoms with E-state index in [2.05, 4.69) is 16.9 Å². The molecule has 0 aliphatic carbocycles. The van der Waals surface area contributed by atoms with E-state index in [1.54, 1.807) is 13.3 Å². The van der Waals surface area contributed by atoms with Crippen LogP contribution in [0.4, 0.5) is 0 Å². The standard InChI is InChI=1S/C13H14N2O2/c1-8-5-6-17-10-4-3-9-13(12(8)10)15-11(16-2)7-14-9/h3-4,7-8H,5-6H2,1-2H3. The monoisotopic (exact) mass is 230 g/mol. The highest BCUT2D eigenvalue weighted by atomic mass is 16.5. The van der Waals surface area contributed by atoms with Crippen LogP contribution in [0.5, 0.6) is 11.6 Å². The van der Waals surface area contributed by atoms with Gasteiger partial charge in [-0.1, -0.05) is 6.92 Å². The molecule has 3 rings (SSSR count). The van der Waals surface area contributed by atoms with Crippen molar-refractivity contribution >= 4 is 11.0 Å². The Labute approximate surface area is 99.6 Å². The van der Waals surface area contributed by atoms with Crippen LogP contribution in [-0.2, 0) is 0 Å². The first kappa shape index (κ1) is 10.3. The highest BCUT2D eigenvalue weighted by molar-refractivity contribution is 5.81. The molecule has 1 aliphatic rings. The summed E-state index contributed by atoms with van der Waals surface area (Å²) in [4.78, 5) is 8.84. The first-order valence-corrected chi connectivity index (χ1v) is 5.76. The third-order valence-corrected chi connectivity index (χ3v) is 3.20. The molecule has 0 bridgehead atoms. The normalized spacial score (nSPS) is 18.6. The lowest BCUT2D eigenvalue weighted by Crippen LogP contribution is -2.13. The molecule has 0 radical (unpaired) electrons. The second kappa shape index (κ2) is 3.87. The van der Waals surface area contributed by atoms with Gasteiger partial charge >= 0.3 is 0 Å². The van der Waals surface area contributed by atoms with Crippen molar-refractivity contribution in [3.8, 4) is 11.6 Å². The summed E-state index contributed by atoms with van der Waals surface area (Å²) in [6.07, 6.45) is 2.66. The Morgan fingerprint density at radius 2 is 2.29 bits per heavy atom. The van der Waals surface area contributed by atoms with Gasteiger partial charge in [0.25, 0.3) is 0 Å². The zero-order valence-electron chi connectivity index (χ0n) is 9.93. The van der Waals surface area contributed by atoms with E-state index in [1.807, 2.05) is 12.1 Å². The van der Waals surface area contributed by atoms with Gasteiger partial charge in [0, 0.05) is 5.56 Å². The quantitative estimate of drug-likeness (QED) is 0.755. The number of nitrogens with zero attached hydrogens (tertiary/aromatic N) is 2. The molecule has 0 fully saturated rings. The van der Waals surface area contributed by atoms with Crippen molar-refractivity contribution in [2.24, 2.45) is 0 Å². The molecule has 4 nitrogen and oxygen atoms in total. The molecule has 1 aliphatic heterocycles. The van der Waals surface area contributed by atoms with E-state index in [0.717, 1.165) is 35.4 Å². The minimum atomic E-state index is 0.448. The van der Waals surface area contributed by atoms with E-state index in [1.165, 1.54) is 0 Å². The fourth-order valence-corrected chi connectivity index (χ4v) is 2.25. The van der Waals surface area contributed by atoms with Crippen molar-refractivity contribution in [3.05, 3.63) is 23.9 Å². The smallest absolute Gasteiger partial charge is 0.232 e. The largest absolute Gasteiger partial charge is 0.493 e. The van der Waals surface area contributed by atoms with Crippen LogP contribution in [0.15, 0.2) is 18.3 Å². The molecular formula is C13H14N2O2. The summed E-state index contributed by atoms with van der Waals surface area (Å²) in [6.45, 7) is 2.97. The van der Waals surface area contributed by atoms with Crippen LogP contribution in [0.1, 0.15) is 24.8 Å². The SMILES string of the molecule is COc1cnc2ccc3c(c2n1)C(C)CCO3. The molecule has 17 heavy (non-hydrogen) atoms. The van der Waals surface area contributed by atoms with Crippen LogP contribution in [0.2, 0.25) is 0 Å². The van der Waals surface area contributed by atoms with Gasteiger partial charge in [-0.3, -0.25) is 0 Å². The maximum Gasteiger partial charge on any atom is 0.232 e. The van der Waals surface area contributed by atoms with Gasteiger partial charge in [0.1, 0.15) is 5.75 Å². The summed E-state index contributed by atoms with van der Waals surface area (Å²) in [7, 11) is 1.60. The predicted molar refractivity (Wildman–Crippen MR) is 64.6 cm³/mol. The highest BCUT2D eigenvalue weighted by Gasteiger charge is 2.21. The number of benzene rings is 1. The number of fused-ring (bicyclic) bond motifs is 3. The Balaban J connectivity index is 2.30. The predicted octanol–water partition coefficient (Wildman–Crippen LogP) is 2.52. The Bertz CT molecular complexity index is 563. The summed E-state index contributed by atoms with van der Waals surface area (Å²) in [5.74, 6) is 1.92. The molecule has 1 atom stereocenters. The van der Waals surface area contributed by atoms with Crippen LogP contribution in [0, 0.1) is 0 Å². The van der Waals surface area contributed by atoms with Crippen molar-refractivity contribution in [1.29, 1.82) is 0 Å². The van der Waals surface area contributed by atoms with Gasteiger partial charge in [-0.15, -0.1) is 0 Å². The number of ether oxygens (including phenoxy) is 2. The van der Waals surface area contributed by atoms with E-state index < -0.39 is 0 Å². The molecular weight excluding hydrogens is 216 g/mol. The topological polar surface area (TPSA) is 44.2 Å². The Morgan fingerprint density at radius 1 is 1.41 bits per heavy atom. The Hall–Kier alpha value is -1.84. The lowest BCUT2D eigenvalue weighted by molar-refractivity contribution is 0.273. The lowest BCUT2D eigenvalue weighted by Gasteiger charge is -2.23. The number of rotatable bonds is 1. The molecule has 1 unspecified atom stereocenters. The molecule has 1 aromatic carbocycles. The second-order valence-electron chi connectivity index (χ2n) is 4.30. The lowest BCUT2D eigenvalue weighted by atomic mass is 9.93. The zero-order chi connectivity index (χ0) is 11.8. The van der Waals surface area contributed by atoms with Gasteiger partial charge in [0.15, 0.2) is 0 Å². The molecule has 88 valence electrons. The van der Waals surface area contributed by atoms with E-state index in [-0.39, 0.29) is 0 Å². The van der Waals surface area contributed by atoms with Crippen LogP contribution in [-0.4, -0.2) is 23.7 Å². The van der Waals surface area contributed by atoms with Gasteiger partial charge < -0.3 is 9.47 Å². The molecule has 0 saturated heterocycles. The summed E-state index contributed by atoms with van der Waals surface area (Å²) >= 11 is 0. The maximum atomic E-state index is 5.67. The third-order valence-electron chi connectivity index (χ3n) is 3.20. The zero-order valence-corrected chi connectivity index (χ0v) is 9.93. The molecule has 2 heterocycles. The average Bonchev–Trinajstić information content (AvgIpc) is 2.38. The van der Waals surface area contributed by atoms with E-state index in [4.69, 9.17) is 9.47 Å². The minimum Gasteiger partial charge on any atom is -0.493 e. The van der Waals surface area contributed by atoms with Gasteiger partial charge in [-0.2, -0.15) is 0 Å². The second-order valence-corrected chi connectivity index (χ2v) is 4.30. The van der Waals surface area contributed by atoms with E-state index in [9.17, 15) is 0 Å². The fraction of sp³-hybridized carbons (Fsp3) is 0.385. The molecule has 4 heteroatoms. The van der Waals surface area contributed by atoms with Crippen molar-refractivity contribution < 1.29 is 9.47 Å². The molecule has 2 aromatic rings. The van der Waals surface area contributed by atoms with Gasteiger partial charge in [0.2, 0.25) is 5.88 Å². The summed E-state index contributed by atoms with van der Waals surface area (Å²) in [5, 5.41) is 0. The van der Waals surface area contributed by atoms with Crippen LogP contribution >= 0.6 is 0 Å². The van der Waals surface area contributed by atoms with Crippen LogP contribution in [0.3, 0.4) is 0 Å². The molecule has 0 N–H and O–H groups in total. The van der Waals surface area contributed by atoms with Crippen molar-refractivity contribution in [3.63, 3.8) is 0 Å². The number of aromatic nitrogens is 2. The number of methoxy groups -OCH3 is 1. The number of hydrogen-bond acceptors (Lipinski definition) is 4. The first-order chi connectivity index (χ1) is 8.29. The van der Waals surface area contributed by atoms with Gasteiger partial charge in [-0.05, 0) is 24.5 Å². The van der Waals surface area contributed by atoms with Gasteiger partial charge in [-0.25, -0.2) is 9.97 Å². The Morgan fingerprint density at radius 3 is 3.12 bits per heavy atom. The minimum absolute atomic E-state index is 0.448. The van der Waals surface area contributed by atoms with Crippen molar-refractivity contribution in [2.75, 3.05) is 13.7 Å². The average molecular weight is 230 g/mol. The van der Waals surface area contributed by atoms with Crippen LogP contribution in [0.25, 0.3) is 11.0 Å². The molecule has 0 saturated carbocycles. The summed E-state index contributed by atoms with van der Waals surface area (Å²) < 4.78 is 10.8. The molecule has 0 spiro atoms. The Kier molecular flexibility index (Phi) is 2.35. The van der Waals surface area contributed by atoms with Crippen molar-refractivity contribution in [1.82, 2.24) is 9.97 Å². The van der Waals surface area contributed by atoms with Gasteiger partial charge in [0.05, 0.1) is 30.9 Å². The van der Waals surface area contributed by atoms with E-state index >= 15 is 0 Å². The highest BCUT2D eigenvalue weighted by Crippen LogP contribution is 2.37. The molecule has 0 amide bonds.